The molecule has 0 aromatic heterocycles. The van der Waals surface area contributed by atoms with Gasteiger partial charge in [0, 0.05) is 32.2 Å². The first-order chi connectivity index (χ1) is 9.66. The molecule has 0 aliphatic carbocycles. The van der Waals surface area contributed by atoms with Crippen molar-refractivity contribution in [2.24, 2.45) is 0 Å². The van der Waals surface area contributed by atoms with Crippen molar-refractivity contribution < 1.29 is 4.74 Å². The van der Waals surface area contributed by atoms with Gasteiger partial charge in [-0.2, -0.15) is 0 Å². The van der Waals surface area contributed by atoms with Crippen LogP contribution in [0.4, 0.5) is 0 Å². The van der Waals surface area contributed by atoms with Gasteiger partial charge in [-0.25, -0.2) is 0 Å². The van der Waals surface area contributed by atoms with E-state index in [2.05, 4.69) is 61.3 Å². The number of rotatable bonds is 6. The third-order valence-corrected chi connectivity index (χ3v) is 4.09. The van der Waals surface area contributed by atoms with E-state index < -0.39 is 0 Å². The van der Waals surface area contributed by atoms with E-state index in [1.807, 2.05) is 0 Å². The fourth-order valence-corrected chi connectivity index (χ4v) is 2.69. The van der Waals surface area contributed by atoms with Crippen LogP contribution in [-0.2, 0) is 4.74 Å². The standard InChI is InChI=1S/C17H28N2O/c1-14(2)19-9-10-20-17(13-19)12-18-11-15(3)16-7-5-4-6-8-16/h4-8,14-15,17-18H,9-13H2,1-3H3. The summed E-state index contributed by atoms with van der Waals surface area (Å²) in [5.41, 5.74) is 1.40. The zero-order chi connectivity index (χ0) is 14.4. The van der Waals surface area contributed by atoms with Crippen molar-refractivity contribution in [1.82, 2.24) is 10.2 Å². The smallest absolute Gasteiger partial charge is 0.0826 e. The summed E-state index contributed by atoms with van der Waals surface area (Å²) < 4.78 is 5.84. The van der Waals surface area contributed by atoms with Gasteiger partial charge in [-0.3, -0.25) is 4.90 Å². The summed E-state index contributed by atoms with van der Waals surface area (Å²) >= 11 is 0. The van der Waals surface area contributed by atoms with Crippen molar-refractivity contribution in [3.63, 3.8) is 0 Å². The Morgan fingerprint density at radius 3 is 2.70 bits per heavy atom. The van der Waals surface area contributed by atoms with Crippen LogP contribution >= 0.6 is 0 Å². The van der Waals surface area contributed by atoms with Gasteiger partial charge < -0.3 is 10.1 Å². The lowest BCUT2D eigenvalue weighted by atomic mass is 10.0. The van der Waals surface area contributed by atoms with Crippen molar-refractivity contribution in [1.29, 1.82) is 0 Å². The molecule has 3 nitrogen and oxygen atoms in total. The highest BCUT2D eigenvalue weighted by molar-refractivity contribution is 5.18. The molecule has 2 unspecified atom stereocenters. The van der Waals surface area contributed by atoms with Crippen LogP contribution in [0, 0.1) is 0 Å². The van der Waals surface area contributed by atoms with E-state index >= 15 is 0 Å². The minimum Gasteiger partial charge on any atom is -0.374 e. The van der Waals surface area contributed by atoms with Crippen LogP contribution in [0.15, 0.2) is 30.3 Å². The fourth-order valence-electron chi connectivity index (χ4n) is 2.69. The van der Waals surface area contributed by atoms with Crippen molar-refractivity contribution >= 4 is 0 Å². The number of morpholine rings is 1. The summed E-state index contributed by atoms with van der Waals surface area (Å²) in [5.74, 6) is 0.543. The molecule has 1 fully saturated rings. The molecule has 0 bridgehead atoms. The topological polar surface area (TPSA) is 24.5 Å². The molecule has 1 heterocycles. The first-order valence-corrected chi connectivity index (χ1v) is 7.78. The summed E-state index contributed by atoms with van der Waals surface area (Å²) in [6.07, 6.45) is 0.328. The molecule has 2 rings (SSSR count). The van der Waals surface area contributed by atoms with Gasteiger partial charge >= 0.3 is 0 Å². The largest absolute Gasteiger partial charge is 0.374 e. The Bertz CT molecular complexity index is 380. The quantitative estimate of drug-likeness (QED) is 0.864. The van der Waals surface area contributed by atoms with Crippen LogP contribution in [0.5, 0.6) is 0 Å². The first-order valence-electron chi connectivity index (χ1n) is 7.78. The molecule has 0 amide bonds. The van der Waals surface area contributed by atoms with E-state index in [0.29, 0.717) is 18.1 Å². The zero-order valence-electron chi connectivity index (χ0n) is 13.0. The van der Waals surface area contributed by atoms with E-state index in [1.165, 1.54) is 5.56 Å². The Morgan fingerprint density at radius 2 is 2.00 bits per heavy atom. The molecule has 1 aliphatic rings. The minimum absolute atomic E-state index is 0.328. The van der Waals surface area contributed by atoms with E-state index in [9.17, 15) is 0 Å². The van der Waals surface area contributed by atoms with Gasteiger partial charge in [-0.15, -0.1) is 0 Å². The molecule has 1 saturated heterocycles. The van der Waals surface area contributed by atoms with Gasteiger partial charge in [0.15, 0.2) is 0 Å². The average Bonchev–Trinajstić information content (AvgIpc) is 2.48. The van der Waals surface area contributed by atoms with E-state index in [0.717, 1.165) is 32.8 Å². The summed E-state index contributed by atoms with van der Waals surface area (Å²) in [6.45, 7) is 11.7. The number of benzene rings is 1. The molecule has 3 heteroatoms. The molecule has 1 aromatic rings. The maximum absolute atomic E-state index is 5.84. The Labute approximate surface area is 123 Å². The second-order valence-corrected chi connectivity index (χ2v) is 6.05. The summed E-state index contributed by atoms with van der Waals surface area (Å²) in [6, 6.07) is 11.3. The summed E-state index contributed by atoms with van der Waals surface area (Å²) in [7, 11) is 0. The molecular weight excluding hydrogens is 248 g/mol. The van der Waals surface area contributed by atoms with Crippen molar-refractivity contribution in [2.75, 3.05) is 32.8 Å². The molecule has 0 radical (unpaired) electrons. The maximum atomic E-state index is 5.84. The Balaban J connectivity index is 1.70. The van der Waals surface area contributed by atoms with Crippen molar-refractivity contribution in [2.45, 2.75) is 38.8 Å². The number of hydrogen-bond acceptors (Lipinski definition) is 3. The predicted molar refractivity (Wildman–Crippen MR) is 84.2 cm³/mol. The van der Waals surface area contributed by atoms with Crippen LogP contribution in [0.2, 0.25) is 0 Å². The SMILES string of the molecule is CC(CNCC1CN(C(C)C)CCO1)c1ccccc1. The molecule has 1 aromatic carbocycles. The third kappa shape index (κ3) is 4.58. The van der Waals surface area contributed by atoms with Crippen molar-refractivity contribution in [3.05, 3.63) is 35.9 Å². The molecule has 1 N–H and O–H groups in total. The molecular formula is C17H28N2O. The third-order valence-electron chi connectivity index (χ3n) is 4.09. The highest BCUT2D eigenvalue weighted by Crippen LogP contribution is 2.13. The van der Waals surface area contributed by atoms with Gasteiger partial charge in [0.25, 0.3) is 0 Å². The fraction of sp³-hybridized carbons (Fsp3) is 0.647. The van der Waals surface area contributed by atoms with Crippen LogP contribution in [-0.4, -0.2) is 49.8 Å². The lowest BCUT2D eigenvalue weighted by Gasteiger charge is -2.35. The lowest BCUT2D eigenvalue weighted by molar-refractivity contribution is -0.0371. The summed E-state index contributed by atoms with van der Waals surface area (Å²) in [5, 5.41) is 3.56. The maximum Gasteiger partial charge on any atom is 0.0826 e. The minimum atomic E-state index is 0.328. The second kappa shape index (κ2) is 7.77. The Morgan fingerprint density at radius 1 is 1.25 bits per heavy atom. The average molecular weight is 276 g/mol. The number of nitrogens with one attached hydrogen (secondary N) is 1. The van der Waals surface area contributed by atoms with Crippen LogP contribution < -0.4 is 5.32 Å². The predicted octanol–water partition coefficient (Wildman–Crippen LogP) is 2.49. The van der Waals surface area contributed by atoms with Gasteiger partial charge in [-0.1, -0.05) is 37.3 Å². The molecule has 1 aliphatic heterocycles. The van der Waals surface area contributed by atoms with Crippen LogP contribution in [0.25, 0.3) is 0 Å². The number of ether oxygens (including phenoxy) is 1. The molecule has 20 heavy (non-hydrogen) atoms. The Hall–Kier alpha value is -0.900. The van der Waals surface area contributed by atoms with Gasteiger partial charge in [0.1, 0.15) is 0 Å². The monoisotopic (exact) mass is 276 g/mol. The second-order valence-electron chi connectivity index (χ2n) is 6.05. The normalized spacial score (nSPS) is 22.1. The van der Waals surface area contributed by atoms with Crippen LogP contribution in [0.3, 0.4) is 0 Å². The lowest BCUT2D eigenvalue weighted by Crippen LogP contribution is -2.49. The first kappa shape index (κ1) is 15.5. The molecule has 112 valence electrons. The van der Waals surface area contributed by atoms with E-state index in [4.69, 9.17) is 4.74 Å². The highest BCUT2D eigenvalue weighted by Gasteiger charge is 2.21. The number of hydrogen-bond donors (Lipinski definition) is 1. The number of nitrogens with zero attached hydrogens (tertiary/aromatic N) is 1. The van der Waals surface area contributed by atoms with Gasteiger partial charge in [0.05, 0.1) is 12.7 Å². The molecule has 2 atom stereocenters. The van der Waals surface area contributed by atoms with Crippen molar-refractivity contribution in [3.8, 4) is 0 Å². The molecule has 0 saturated carbocycles. The van der Waals surface area contributed by atoms with E-state index in [1.54, 1.807) is 0 Å². The van der Waals surface area contributed by atoms with Crippen LogP contribution in [0.1, 0.15) is 32.3 Å². The van der Waals surface area contributed by atoms with Gasteiger partial charge in [-0.05, 0) is 25.3 Å². The van der Waals surface area contributed by atoms with Gasteiger partial charge in [0.2, 0.25) is 0 Å². The molecule has 0 spiro atoms. The zero-order valence-corrected chi connectivity index (χ0v) is 13.0. The summed E-state index contributed by atoms with van der Waals surface area (Å²) in [4.78, 5) is 2.50. The highest BCUT2D eigenvalue weighted by atomic mass is 16.5. The Kier molecular flexibility index (Phi) is 6.02. The van der Waals surface area contributed by atoms with E-state index in [-0.39, 0.29) is 0 Å².